The third-order valence-corrected chi connectivity index (χ3v) is 8.65. The number of nitrogens with one attached hydrogen (secondary N) is 1. The SMILES string of the molecule is CCCC1CCc2cccc(C3=C(C)C(C)=C4c5c(sc6ccccc56)C=CC34)c2N1. The highest BCUT2D eigenvalue weighted by molar-refractivity contribution is 7.20. The van der Waals surface area contributed by atoms with Crippen LogP contribution < -0.4 is 5.32 Å². The summed E-state index contributed by atoms with van der Waals surface area (Å²) in [6.45, 7) is 6.97. The molecule has 2 aliphatic carbocycles. The summed E-state index contributed by atoms with van der Waals surface area (Å²) in [4.78, 5) is 1.41. The van der Waals surface area contributed by atoms with E-state index < -0.39 is 0 Å². The lowest BCUT2D eigenvalue weighted by Crippen LogP contribution is -2.26. The summed E-state index contributed by atoms with van der Waals surface area (Å²) in [5, 5.41) is 5.36. The first-order chi connectivity index (χ1) is 15.2. The number of para-hydroxylation sites is 1. The smallest absolute Gasteiger partial charge is 0.0451 e. The summed E-state index contributed by atoms with van der Waals surface area (Å²) in [5.41, 5.74) is 11.7. The van der Waals surface area contributed by atoms with E-state index in [4.69, 9.17) is 0 Å². The van der Waals surface area contributed by atoms with Crippen LogP contribution >= 0.6 is 11.3 Å². The topological polar surface area (TPSA) is 12.0 Å². The van der Waals surface area contributed by atoms with Gasteiger partial charge in [0.2, 0.25) is 0 Å². The summed E-state index contributed by atoms with van der Waals surface area (Å²) in [7, 11) is 0. The van der Waals surface area contributed by atoms with Gasteiger partial charge in [0.25, 0.3) is 0 Å². The Morgan fingerprint density at radius 3 is 2.71 bits per heavy atom. The van der Waals surface area contributed by atoms with Gasteiger partial charge in [-0.3, -0.25) is 0 Å². The molecule has 1 aliphatic heterocycles. The Morgan fingerprint density at radius 1 is 1.00 bits per heavy atom. The highest BCUT2D eigenvalue weighted by atomic mass is 32.1. The Bertz CT molecular complexity index is 1300. The zero-order valence-electron chi connectivity index (χ0n) is 18.6. The van der Waals surface area contributed by atoms with Gasteiger partial charge in [0.1, 0.15) is 0 Å². The minimum absolute atomic E-state index is 0.352. The van der Waals surface area contributed by atoms with Gasteiger partial charge in [-0.05, 0) is 73.1 Å². The van der Waals surface area contributed by atoms with Crippen LogP contribution in [0.15, 0.2) is 59.7 Å². The average Bonchev–Trinajstić information content (AvgIpc) is 3.29. The van der Waals surface area contributed by atoms with Crippen molar-refractivity contribution in [3.63, 3.8) is 0 Å². The molecule has 6 rings (SSSR count). The highest BCUT2D eigenvalue weighted by Crippen LogP contribution is 2.55. The molecule has 1 nitrogen and oxygen atoms in total. The van der Waals surface area contributed by atoms with E-state index in [1.54, 1.807) is 0 Å². The average molecular weight is 424 g/mol. The molecule has 3 aliphatic rings. The molecule has 0 spiro atoms. The molecule has 2 heterocycles. The summed E-state index contributed by atoms with van der Waals surface area (Å²) < 4.78 is 1.39. The van der Waals surface area contributed by atoms with Crippen molar-refractivity contribution in [2.45, 2.75) is 52.5 Å². The largest absolute Gasteiger partial charge is 0.382 e. The van der Waals surface area contributed by atoms with Gasteiger partial charge < -0.3 is 5.32 Å². The third-order valence-electron chi connectivity index (χ3n) is 7.51. The molecule has 0 saturated carbocycles. The zero-order chi connectivity index (χ0) is 21.1. The van der Waals surface area contributed by atoms with E-state index >= 15 is 0 Å². The molecule has 0 radical (unpaired) electrons. The minimum Gasteiger partial charge on any atom is -0.382 e. The fourth-order valence-electron chi connectivity index (χ4n) is 5.94. The van der Waals surface area contributed by atoms with E-state index in [1.807, 2.05) is 11.3 Å². The van der Waals surface area contributed by atoms with Crippen molar-refractivity contribution in [1.82, 2.24) is 0 Å². The van der Waals surface area contributed by atoms with Crippen LogP contribution in [0.25, 0.3) is 27.3 Å². The molecule has 0 fully saturated rings. The van der Waals surface area contributed by atoms with Gasteiger partial charge in [-0.2, -0.15) is 0 Å². The molecule has 1 aromatic heterocycles. The van der Waals surface area contributed by atoms with Crippen molar-refractivity contribution >= 4 is 44.3 Å². The maximum absolute atomic E-state index is 3.94. The zero-order valence-corrected chi connectivity index (χ0v) is 19.4. The molecule has 2 atom stereocenters. The van der Waals surface area contributed by atoms with Crippen molar-refractivity contribution in [2.75, 3.05) is 5.32 Å². The minimum atomic E-state index is 0.352. The number of benzene rings is 2. The van der Waals surface area contributed by atoms with Gasteiger partial charge >= 0.3 is 0 Å². The number of hydrogen-bond donors (Lipinski definition) is 1. The van der Waals surface area contributed by atoms with Gasteiger partial charge in [-0.25, -0.2) is 0 Å². The predicted molar refractivity (Wildman–Crippen MR) is 137 cm³/mol. The summed E-state index contributed by atoms with van der Waals surface area (Å²) in [6, 6.07) is 16.4. The Hall–Kier alpha value is -2.58. The molecule has 31 heavy (non-hydrogen) atoms. The fraction of sp³-hybridized carbons (Fsp3) is 0.310. The van der Waals surface area contributed by atoms with Crippen LogP contribution in [-0.2, 0) is 6.42 Å². The van der Waals surface area contributed by atoms with Gasteiger partial charge in [0, 0.05) is 43.7 Å². The van der Waals surface area contributed by atoms with Gasteiger partial charge in [0.15, 0.2) is 0 Å². The lowest BCUT2D eigenvalue weighted by atomic mass is 9.80. The summed E-state index contributed by atoms with van der Waals surface area (Å²) in [6.07, 6.45) is 9.75. The molecule has 0 amide bonds. The highest BCUT2D eigenvalue weighted by Gasteiger charge is 2.36. The first-order valence-electron chi connectivity index (χ1n) is 11.7. The molecule has 1 N–H and O–H groups in total. The first-order valence-corrected chi connectivity index (χ1v) is 12.5. The van der Waals surface area contributed by atoms with Crippen LogP contribution in [0.5, 0.6) is 0 Å². The van der Waals surface area contributed by atoms with Crippen LogP contribution in [0.1, 0.15) is 61.6 Å². The van der Waals surface area contributed by atoms with Crippen molar-refractivity contribution < 1.29 is 0 Å². The molecule has 0 saturated heterocycles. The number of anilines is 1. The predicted octanol–water partition coefficient (Wildman–Crippen LogP) is 8.33. The van der Waals surface area contributed by atoms with Crippen LogP contribution in [0.3, 0.4) is 0 Å². The van der Waals surface area contributed by atoms with E-state index in [0.29, 0.717) is 12.0 Å². The lowest BCUT2D eigenvalue weighted by Gasteiger charge is -2.31. The second-order valence-corrected chi connectivity index (χ2v) is 10.3. The number of aryl methyl sites for hydroxylation is 1. The van der Waals surface area contributed by atoms with Gasteiger partial charge in [0.05, 0.1) is 0 Å². The third kappa shape index (κ3) is 2.81. The van der Waals surface area contributed by atoms with Crippen molar-refractivity contribution in [3.05, 3.63) is 81.3 Å². The molecule has 2 heteroatoms. The molecule has 3 aromatic rings. The van der Waals surface area contributed by atoms with Crippen molar-refractivity contribution in [1.29, 1.82) is 0 Å². The van der Waals surface area contributed by atoms with Gasteiger partial charge in [-0.1, -0.05) is 55.8 Å². The molecular weight excluding hydrogens is 394 g/mol. The summed E-state index contributed by atoms with van der Waals surface area (Å²) in [5.74, 6) is 0.352. The second kappa shape index (κ2) is 7.24. The Morgan fingerprint density at radius 2 is 1.84 bits per heavy atom. The van der Waals surface area contributed by atoms with Crippen LogP contribution in [0.2, 0.25) is 0 Å². The number of fused-ring (bicyclic) bond motifs is 6. The van der Waals surface area contributed by atoms with E-state index in [9.17, 15) is 0 Å². The number of hydrogen-bond acceptors (Lipinski definition) is 2. The van der Waals surface area contributed by atoms with Crippen LogP contribution in [0.4, 0.5) is 5.69 Å². The van der Waals surface area contributed by atoms with Crippen LogP contribution in [-0.4, -0.2) is 6.04 Å². The number of allylic oxidation sites excluding steroid dienone is 5. The molecule has 2 aromatic carbocycles. The molecule has 156 valence electrons. The normalized spacial score (nSPS) is 21.9. The van der Waals surface area contributed by atoms with Crippen molar-refractivity contribution in [2.24, 2.45) is 5.92 Å². The lowest BCUT2D eigenvalue weighted by molar-refractivity contribution is 0.578. The van der Waals surface area contributed by atoms with Crippen LogP contribution in [0, 0.1) is 5.92 Å². The van der Waals surface area contributed by atoms with Gasteiger partial charge in [-0.15, -0.1) is 11.3 Å². The van der Waals surface area contributed by atoms with Crippen molar-refractivity contribution in [3.8, 4) is 0 Å². The van der Waals surface area contributed by atoms with E-state index in [1.165, 1.54) is 85.3 Å². The number of rotatable bonds is 3. The standard InChI is InChI=1S/C29H29NS/c1-4-8-20-14-13-19-9-7-11-23(29(19)30-20)26-17(2)18(3)27-22(26)15-16-25-28(27)21-10-5-6-12-24(21)31-25/h5-7,9-12,15-16,20,22,30H,4,8,13-14H2,1-3H3. The van der Waals surface area contributed by atoms with E-state index in [2.05, 4.69) is 80.7 Å². The fourth-order valence-corrected chi connectivity index (χ4v) is 7.07. The quantitative estimate of drug-likeness (QED) is 0.446. The second-order valence-electron chi connectivity index (χ2n) is 9.26. The first kappa shape index (κ1) is 19.1. The summed E-state index contributed by atoms with van der Waals surface area (Å²) >= 11 is 1.93. The Balaban J connectivity index is 1.49. The molecule has 2 unspecified atom stereocenters. The van der Waals surface area contributed by atoms with E-state index in [-0.39, 0.29) is 0 Å². The van der Waals surface area contributed by atoms with E-state index in [0.717, 1.165) is 0 Å². The number of thiophene rings is 1. The molecule has 0 bridgehead atoms. The maximum Gasteiger partial charge on any atom is 0.0451 e. The maximum atomic E-state index is 3.94. The Kier molecular flexibility index (Phi) is 4.47. The Labute approximate surface area is 189 Å². The molecular formula is C29H29NS. The monoisotopic (exact) mass is 423 g/mol.